The van der Waals surface area contributed by atoms with Gasteiger partial charge < -0.3 is 10.2 Å². The van der Waals surface area contributed by atoms with Gasteiger partial charge in [0, 0.05) is 18.3 Å². The van der Waals surface area contributed by atoms with E-state index < -0.39 is 0 Å². The molecule has 1 fully saturated rings. The molecule has 4 heteroatoms. The van der Waals surface area contributed by atoms with Crippen molar-refractivity contribution in [3.63, 3.8) is 0 Å². The van der Waals surface area contributed by atoms with Gasteiger partial charge in [0.1, 0.15) is 6.42 Å². The van der Waals surface area contributed by atoms with Gasteiger partial charge in [0.2, 0.25) is 11.8 Å². The molecule has 22 heavy (non-hydrogen) atoms. The van der Waals surface area contributed by atoms with E-state index >= 15 is 0 Å². The maximum Gasteiger partial charge on any atom is 0.233 e. The Morgan fingerprint density at radius 3 is 2.77 bits per heavy atom. The molecule has 0 spiro atoms. The van der Waals surface area contributed by atoms with Gasteiger partial charge in [-0.3, -0.25) is 9.59 Å². The summed E-state index contributed by atoms with van der Waals surface area (Å²) in [6, 6.07) is 6.10. The van der Waals surface area contributed by atoms with Gasteiger partial charge in [-0.25, -0.2) is 0 Å². The number of likely N-dealkylation sites (tertiary alicyclic amines) is 1. The summed E-state index contributed by atoms with van der Waals surface area (Å²) < 4.78 is 0. The number of anilines is 1. The first kappa shape index (κ1) is 16.5. The second-order valence-corrected chi connectivity index (χ2v) is 6.12. The third kappa shape index (κ3) is 3.87. The lowest BCUT2D eigenvalue weighted by Crippen LogP contribution is -2.44. The van der Waals surface area contributed by atoms with E-state index in [4.69, 9.17) is 0 Å². The third-order valence-corrected chi connectivity index (χ3v) is 4.61. The van der Waals surface area contributed by atoms with Crippen LogP contribution in [0, 0.1) is 13.8 Å². The van der Waals surface area contributed by atoms with Crippen LogP contribution in [0.4, 0.5) is 5.69 Å². The molecular weight excluding hydrogens is 276 g/mol. The van der Waals surface area contributed by atoms with E-state index in [-0.39, 0.29) is 18.2 Å². The Balaban J connectivity index is 1.96. The molecule has 2 amide bonds. The Bertz CT molecular complexity index is 554. The first-order valence-corrected chi connectivity index (χ1v) is 8.18. The zero-order chi connectivity index (χ0) is 16.1. The molecule has 1 aliphatic rings. The number of aryl methyl sites for hydroxylation is 1. The normalized spacial score (nSPS) is 18.1. The fourth-order valence-electron chi connectivity index (χ4n) is 3.07. The molecule has 0 bridgehead atoms. The summed E-state index contributed by atoms with van der Waals surface area (Å²) in [5.41, 5.74) is 2.97. The van der Waals surface area contributed by atoms with Crippen LogP contribution < -0.4 is 5.32 Å². The number of piperidine rings is 1. The molecule has 0 aromatic heterocycles. The minimum atomic E-state index is -0.223. The second kappa shape index (κ2) is 7.43. The van der Waals surface area contributed by atoms with E-state index in [2.05, 4.69) is 12.2 Å². The maximum atomic E-state index is 12.4. The average Bonchev–Trinajstić information content (AvgIpc) is 2.51. The molecule has 1 aliphatic heterocycles. The van der Waals surface area contributed by atoms with Gasteiger partial charge in [-0.15, -0.1) is 0 Å². The average molecular weight is 302 g/mol. The van der Waals surface area contributed by atoms with Gasteiger partial charge >= 0.3 is 0 Å². The monoisotopic (exact) mass is 302 g/mol. The van der Waals surface area contributed by atoms with E-state index in [9.17, 15) is 9.59 Å². The van der Waals surface area contributed by atoms with Crippen LogP contribution in [0.2, 0.25) is 0 Å². The molecule has 2 rings (SSSR count). The lowest BCUT2D eigenvalue weighted by Gasteiger charge is -2.35. The number of nitrogens with one attached hydrogen (secondary N) is 1. The van der Waals surface area contributed by atoms with Gasteiger partial charge in [-0.2, -0.15) is 0 Å². The topological polar surface area (TPSA) is 49.4 Å². The van der Waals surface area contributed by atoms with Gasteiger partial charge in [-0.05, 0) is 56.7 Å². The maximum absolute atomic E-state index is 12.4. The Labute approximate surface area is 132 Å². The summed E-state index contributed by atoms with van der Waals surface area (Å²) >= 11 is 0. The fourth-order valence-corrected chi connectivity index (χ4v) is 3.07. The minimum Gasteiger partial charge on any atom is -0.339 e. The molecule has 120 valence electrons. The van der Waals surface area contributed by atoms with Crippen LogP contribution in [0.3, 0.4) is 0 Å². The molecule has 0 aliphatic carbocycles. The van der Waals surface area contributed by atoms with Crippen molar-refractivity contribution in [1.29, 1.82) is 0 Å². The molecular formula is C18H26N2O2. The molecule has 1 heterocycles. The van der Waals surface area contributed by atoms with Gasteiger partial charge in [0.25, 0.3) is 0 Å². The molecule has 1 unspecified atom stereocenters. The molecule has 1 aromatic carbocycles. The third-order valence-electron chi connectivity index (χ3n) is 4.61. The number of hydrogen-bond acceptors (Lipinski definition) is 2. The number of benzene rings is 1. The highest BCUT2D eigenvalue weighted by Gasteiger charge is 2.26. The summed E-state index contributed by atoms with van der Waals surface area (Å²) in [5, 5.41) is 2.87. The Morgan fingerprint density at radius 2 is 2.05 bits per heavy atom. The fraction of sp³-hybridized carbons (Fsp3) is 0.556. The number of carbonyl (C=O) groups excluding carboxylic acids is 2. The molecule has 0 saturated carbocycles. The smallest absolute Gasteiger partial charge is 0.233 e. The van der Waals surface area contributed by atoms with Crippen LogP contribution in [-0.4, -0.2) is 29.3 Å². The molecule has 1 N–H and O–H groups in total. The van der Waals surface area contributed by atoms with Crippen LogP contribution in [0.5, 0.6) is 0 Å². The summed E-state index contributed by atoms with van der Waals surface area (Å²) in [6.07, 6.45) is 4.17. The SMILES string of the molecule is CCC1CCCCN1C(=O)CC(=O)Nc1cccc(C)c1C. The molecule has 1 atom stereocenters. The summed E-state index contributed by atoms with van der Waals surface area (Å²) in [6.45, 7) is 6.88. The van der Waals surface area contributed by atoms with Crippen LogP contribution in [0.15, 0.2) is 18.2 Å². The summed E-state index contributed by atoms with van der Waals surface area (Å²) in [5.74, 6) is -0.270. The zero-order valence-corrected chi connectivity index (χ0v) is 13.8. The predicted molar refractivity (Wildman–Crippen MR) is 88.8 cm³/mol. The highest BCUT2D eigenvalue weighted by Crippen LogP contribution is 2.21. The number of nitrogens with zero attached hydrogens (tertiary/aromatic N) is 1. The summed E-state index contributed by atoms with van der Waals surface area (Å²) in [4.78, 5) is 26.4. The highest BCUT2D eigenvalue weighted by atomic mass is 16.2. The van der Waals surface area contributed by atoms with E-state index in [1.807, 2.05) is 36.9 Å². The van der Waals surface area contributed by atoms with Gasteiger partial charge in [0.05, 0.1) is 0 Å². The predicted octanol–water partition coefficient (Wildman–Crippen LogP) is 3.42. The van der Waals surface area contributed by atoms with Gasteiger partial charge in [0.15, 0.2) is 0 Å². The van der Waals surface area contributed by atoms with E-state index in [0.29, 0.717) is 6.04 Å². The van der Waals surface area contributed by atoms with Crippen molar-refractivity contribution in [3.05, 3.63) is 29.3 Å². The first-order valence-electron chi connectivity index (χ1n) is 8.18. The van der Waals surface area contributed by atoms with Crippen molar-refractivity contribution in [2.75, 3.05) is 11.9 Å². The summed E-state index contributed by atoms with van der Waals surface area (Å²) in [7, 11) is 0. The largest absolute Gasteiger partial charge is 0.339 e. The Kier molecular flexibility index (Phi) is 5.58. The molecule has 1 saturated heterocycles. The number of rotatable bonds is 4. The lowest BCUT2D eigenvalue weighted by molar-refractivity contribution is -0.137. The van der Waals surface area contributed by atoms with Crippen LogP contribution >= 0.6 is 0 Å². The van der Waals surface area contributed by atoms with Crippen molar-refractivity contribution in [2.45, 2.75) is 58.9 Å². The molecule has 0 radical (unpaired) electrons. The number of amides is 2. The van der Waals surface area contributed by atoms with Crippen LogP contribution in [0.25, 0.3) is 0 Å². The lowest BCUT2D eigenvalue weighted by atomic mass is 9.99. The number of carbonyl (C=O) groups is 2. The number of hydrogen-bond donors (Lipinski definition) is 1. The van der Waals surface area contributed by atoms with E-state index in [1.54, 1.807) is 0 Å². The quantitative estimate of drug-likeness (QED) is 0.866. The van der Waals surface area contributed by atoms with Crippen molar-refractivity contribution < 1.29 is 9.59 Å². The minimum absolute atomic E-state index is 0.0469. The molecule has 4 nitrogen and oxygen atoms in total. The van der Waals surface area contributed by atoms with Crippen LogP contribution in [-0.2, 0) is 9.59 Å². The van der Waals surface area contributed by atoms with Gasteiger partial charge in [-0.1, -0.05) is 19.1 Å². The molecule has 1 aromatic rings. The van der Waals surface area contributed by atoms with E-state index in [1.165, 1.54) is 6.42 Å². The van der Waals surface area contributed by atoms with Crippen molar-refractivity contribution in [3.8, 4) is 0 Å². The van der Waals surface area contributed by atoms with Crippen molar-refractivity contribution in [2.24, 2.45) is 0 Å². The van der Waals surface area contributed by atoms with Crippen LogP contribution in [0.1, 0.15) is 50.2 Å². The Hall–Kier alpha value is -1.84. The van der Waals surface area contributed by atoms with Crippen molar-refractivity contribution >= 4 is 17.5 Å². The standard InChI is InChI=1S/C18H26N2O2/c1-4-15-9-5-6-11-20(15)18(22)12-17(21)19-16-10-7-8-13(2)14(16)3/h7-8,10,15H,4-6,9,11-12H2,1-3H3,(H,19,21). The highest BCUT2D eigenvalue weighted by molar-refractivity contribution is 6.04. The zero-order valence-electron chi connectivity index (χ0n) is 13.8. The second-order valence-electron chi connectivity index (χ2n) is 6.12. The first-order chi connectivity index (χ1) is 10.5. The van der Waals surface area contributed by atoms with E-state index in [0.717, 1.165) is 42.6 Å². The Morgan fingerprint density at radius 1 is 1.27 bits per heavy atom. The van der Waals surface area contributed by atoms with Crippen molar-refractivity contribution in [1.82, 2.24) is 4.90 Å².